The van der Waals surface area contributed by atoms with Crippen LogP contribution in [0.1, 0.15) is 0 Å². The molecule has 0 rings (SSSR count). The topological polar surface area (TPSA) is 26.0 Å². The van der Waals surface area contributed by atoms with Crippen LogP contribution in [0.3, 0.4) is 0 Å². The Morgan fingerprint density at radius 1 is 1.86 bits per heavy atom. The fourth-order valence-electron chi connectivity index (χ4n) is 0.204. The van der Waals surface area contributed by atoms with Crippen LogP contribution in [-0.2, 0) is 0 Å². The molecule has 0 aromatic carbocycles. The average molecular weight is 115 g/mol. The molecule has 0 heterocycles. The van der Waals surface area contributed by atoms with Crippen molar-refractivity contribution in [2.45, 2.75) is 0 Å². The van der Waals surface area contributed by atoms with Crippen molar-refractivity contribution in [2.24, 2.45) is 5.73 Å². The molecule has 0 aromatic heterocycles. The Hall–Kier alpha value is -0.210. The molecule has 0 fully saturated rings. The van der Waals surface area contributed by atoms with Crippen molar-refractivity contribution in [2.75, 3.05) is 6.54 Å². The van der Waals surface area contributed by atoms with Gasteiger partial charge in [0.15, 0.2) is 0 Å². The molecule has 40 valence electrons. The van der Waals surface area contributed by atoms with Crippen LogP contribution in [-0.4, -0.2) is 6.54 Å². The standard InChI is InChI=1S/C5H9NS/c1-5(7)3-2-4-6/h2-3,7H,1,4,6H2/b3-2-. The molecule has 0 unspecified atom stereocenters. The third-order valence-corrected chi connectivity index (χ3v) is 0.595. The number of hydrogen-bond acceptors (Lipinski definition) is 2. The molecular formula is C5H9NS. The monoisotopic (exact) mass is 115 g/mol. The molecular weight excluding hydrogens is 106 g/mol. The van der Waals surface area contributed by atoms with E-state index in [9.17, 15) is 0 Å². The van der Waals surface area contributed by atoms with E-state index in [1.54, 1.807) is 12.2 Å². The number of rotatable bonds is 2. The van der Waals surface area contributed by atoms with E-state index in [0.29, 0.717) is 6.54 Å². The van der Waals surface area contributed by atoms with Gasteiger partial charge in [0.2, 0.25) is 0 Å². The van der Waals surface area contributed by atoms with Crippen molar-refractivity contribution >= 4 is 12.6 Å². The summed E-state index contributed by atoms with van der Waals surface area (Å²) in [4.78, 5) is 0.741. The largest absolute Gasteiger partial charge is 0.327 e. The second-order valence-electron chi connectivity index (χ2n) is 1.13. The summed E-state index contributed by atoms with van der Waals surface area (Å²) in [7, 11) is 0. The summed E-state index contributed by atoms with van der Waals surface area (Å²) in [6.07, 6.45) is 3.57. The van der Waals surface area contributed by atoms with E-state index in [1.165, 1.54) is 0 Å². The lowest BCUT2D eigenvalue weighted by Gasteiger charge is -1.79. The molecule has 0 aliphatic heterocycles. The number of thiol groups is 1. The Kier molecular flexibility index (Phi) is 3.84. The molecule has 0 spiro atoms. The van der Waals surface area contributed by atoms with Crippen LogP contribution < -0.4 is 5.73 Å². The Morgan fingerprint density at radius 3 is 2.57 bits per heavy atom. The number of hydrogen-bond donors (Lipinski definition) is 2. The molecule has 1 nitrogen and oxygen atoms in total. The highest BCUT2D eigenvalue weighted by atomic mass is 32.1. The normalized spacial score (nSPS) is 10.0. The van der Waals surface area contributed by atoms with Gasteiger partial charge in [0.25, 0.3) is 0 Å². The highest BCUT2D eigenvalue weighted by Crippen LogP contribution is 1.94. The molecule has 0 bridgehead atoms. The zero-order valence-electron chi connectivity index (χ0n) is 4.09. The predicted octanol–water partition coefficient (Wildman–Crippen LogP) is 0.945. The summed E-state index contributed by atoms with van der Waals surface area (Å²) in [5.41, 5.74) is 5.11. The number of nitrogens with two attached hydrogens (primary N) is 1. The minimum Gasteiger partial charge on any atom is -0.327 e. The van der Waals surface area contributed by atoms with Crippen molar-refractivity contribution in [3.05, 3.63) is 23.6 Å². The van der Waals surface area contributed by atoms with Gasteiger partial charge >= 0.3 is 0 Å². The first-order valence-corrected chi connectivity index (χ1v) is 2.46. The fourth-order valence-corrected chi connectivity index (χ4v) is 0.309. The van der Waals surface area contributed by atoms with Gasteiger partial charge in [0, 0.05) is 6.54 Å². The Labute approximate surface area is 49.3 Å². The Morgan fingerprint density at radius 2 is 2.43 bits per heavy atom. The van der Waals surface area contributed by atoms with Gasteiger partial charge in [0.05, 0.1) is 0 Å². The van der Waals surface area contributed by atoms with E-state index in [2.05, 4.69) is 19.2 Å². The predicted molar refractivity (Wildman–Crippen MR) is 36.3 cm³/mol. The van der Waals surface area contributed by atoms with Gasteiger partial charge < -0.3 is 5.73 Å². The summed E-state index contributed by atoms with van der Waals surface area (Å²) >= 11 is 3.90. The third-order valence-electron chi connectivity index (χ3n) is 0.446. The van der Waals surface area contributed by atoms with Crippen molar-refractivity contribution in [1.29, 1.82) is 0 Å². The maximum atomic E-state index is 5.11. The number of allylic oxidation sites excluding steroid dienone is 1. The smallest absolute Gasteiger partial charge is 0.0110 e. The zero-order valence-corrected chi connectivity index (χ0v) is 4.99. The fraction of sp³-hybridized carbons (Fsp3) is 0.200. The van der Waals surface area contributed by atoms with E-state index in [-0.39, 0.29) is 0 Å². The highest BCUT2D eigenvalue weighted by Gasteiger charge is 1.68. The maximum Gasteiger partial charge on any atom is 0.0110 e. The maximum absolute atomic E-state index is 5.11. The molecule has 0 aliphatic rings. The van der Waals surface area contributed by atoms with Crippen LogP contribution in [0.25, 0.3) is 0 Å². The van der Waals surface area contributed by atoms with Gasteiger partial charge in [-0.3, -0.25) is 0 Å². The summed E-state index contributed by atoms with van der Waals surface area (Å²) < 4.78 is 0. The molecule has 0 radical (unpaired) electrons. The van der Waals surface area contributed by atoms with Gasteiger partial charge in [-0.25, -0.2) is 0 Å². The molecule has 7 heavy (non-hydrogen) atoms. The third kappa shape index (κ3) is 5.79. The van der Waals surface area contributed by atoms with E-state index in [0.717, 1.165) is 4.91 Å². The molecule has 2 heteroatoms. The van der Waals surface area contributed by atoms with Crippen LogP contribution in [0.2, 0.25) is 0 Å². The summed E-state index contributed by atoms with van der Waals surface area (Å²) in [6.45, 7) is 4.07. The Balaban J connectivity index is 3.26. The van der Waals surface area contributed by atoms with Crippen LogP contribution in [0.5, 0.6) is 0 Å². The van der Waals surface area contributed by atoms with Crippen LogP contribution >= 0.6 is 12.6 Å². The highest BCUT2D eigenvalue weighted by molar-refractivity contribution is 7.84. The lowest BCUT2D eigenvalue weighted by molar-refractivity contribution is 1.25. The average Bonchev–Trinajstić information content (AvgIpc) is 1.61. The van der Waals surface area contributed by atoms with Crippen LogP contribution in [0.4, 0.5) is 0 Å². The summed E-state index contributed by atoms with van der Waals surface area (Å²) in [5.74, 6) is 0. The van der Waals surface area contributed by atoms with E-state index in [4.69, 9.17) is 5.73 Å². The van der Waals surface area contributed by atoms with Crippen molar-refractivity contribution in [3.63, 3.8) is 0 Å². The molecule has 0 saturated heterocycles. The lowest BCUT2D eigenvalue weighted by atomic mass is 10.5. The van der Waals surface area contributed by atoms with E-state index >= 15 is 0 Å². The van der Waals surface area contributed by atoms with Crippen LogP contribution in [0.15, 0.2) is 23.6 Å². The molecule has 0 atom stereocenters. The van der Waals surface area contributed by atoms with E-state index < -0.39 is 0 Å². The van der Waals surface area contributed by atoms with Gasteiger partial charge in [-0.05, 0) is 4.91 Å². The van der Waals surface area contributed by atoms with Gasteiger partial charge in [-0.15, -0.1) is 12.6 Å². The Bertz CT molecular complexity index is 86.1. The second-order valence-corrected chi connectivity index (χ2v) is 1.70. The first-order valence-electron chi connectivity index (χ1n) is 2.02. The van der Waals surface area contributed by atoms with Gasteiger partial charge in [-0.1, -0.05) is 18.7 Å². The van der Waals surface area contributed by atoms with Crippen molar-refractivity contribution in [3.8, 4) is 0 Å². The second kappa shape index (κ2) is 3.96. The van der Waals surface area contributed by atoms with Crippen molar-refractivity contribution < 1.29 is 0 Å². The molecule has 0 amide bonds. The summed E-state index contributed by atoms with van der Waals surface area (Å²) in [5, 5.41) is 0. The van der Waals surface area contributed by atoms with Crippen molar-refractivity contribution in [1.82, 2.24) is 0 Å². The molecule has 0 aromatic rings. The van der Waals surface area contributed by atoms with Crippen LogP contribution in [0, 0.1) is 0 Å². The lowest BCUT2D eigenvalue weighted by Crippen LogP contribution is -1.91. The quantitative estimate of drug-likeness (QED) is 0.406. The van der Waals surface area contributed by atoms with E-state index in [1.807, 2.05) is 0 Å². The van der Waals surface area contributed by atoms with Gasteiger partial charge in [0.1, 0.15) is 0 Å². The first kappa shape index (κ1) is 6.79. The first-order chi connectivity index (χ1) is 3.27. The minimum absolute atomic E-state index is 0.555. The molecule has 0 saturated carbocycles. The zero-order chi connectivity index (χ0) is 5.70. The minimum atomic E-state index is 0.555. The summed E-state index contributed by atoms with van der Waals surface area (Å²) in [6, 6.07) is 0. The SMILES string of the molecule is C=C(S)/C=C\CN. The molecule has 2 N–H and O–H groups in total. The molecule has 0 aliphatic carbocycles. The van der Waals surface area contributed by atoms with Gasteiger partial charge in [-0.2, -0.15) is 0 Å².